The molecule has 23 heavy (non-hydrogen) atoms. The molecule has 0 amide bonds. The van der Waals surface area contributed by atoms with Gasteiger partial charge >= 0.3 is 0 Å². The first-order valence-corrected chi connectivity index (χ1v) is 8.46. The quantitative estimate of drug-likeness (QED) is 0.863. The Labute approximate surface area is 138 Å². The van der Waals surface area contributed by atoms with Gasteiger partial charge in [-0.15, -0.1) is 0 Å². The lowest BCUT2D eigenvalue weighted by Crippen LogP contribution is -2.27. The van der Waals surface area contributed by atoms with E-state index in [2.05, 4.69) is 24.0 Å². The van der Waals surface area contributed by atoms with Crippen LogP contribution in [0.15, 0.2) is 48.5 Å². The van der Waals surface area contributed by atoms with Crippen LogP contribution >= 0.6 is 0 Å². The Balaban J connectivity index is 1.79. The maximum Gasteiger partial charge on any atom is 0.127 e. The van der Waals surface area contributed by atoms with E-state index in [1.807, 2.05) is 36.4 Å². The number of hydrogen-bond acceptors (Lipinski definition) is 3. The summed E-state index contributed by atoms with van der Waals surface area (Å²) in [5, 5.41) is 9.45. The van der Waals surface area contributed by atoms with Crippen molar-refractivity contribution in [1.29, 1.82) is 0 Å². The van der Waals surface area contributed by atoms with Crippen LogP contribution in [0.1, 0.15) is 36.4 Å². The second-order valence-electron chi connectivity index (χ2n) is 6.20. The monoisotopic (exact) mass is 311 g/mol. The zero-order valence-corrected chi connectivity index (χ0v) is 13.7. The van der Waals surface area contributed by atoms with E-state index >= 15 is 0 Å². The molecule has 0 saturated carbocycles. The fourth-order valence-corrected chi connectivity index (χ4v) is 3.42. The van der Waals surface area contributed by atoms with Crippen LogP contribution in [0.2, 0.25) is 0 Å². The molecule has 0 aromatic heterocycles. The molecular formula is C20H25NO2. The van der Waals surface area contributed by atoms with Crippen LogP contribution in [0.4, 0.5) is 0 Å². The standard InChI is InChI=1S/C20H25NO2/c1-16-15-18(23-17-7-3-2-4-8-17)9-10-19(16)20(11-14-22)21-12-5-6-13-21/h2-4,7-10,15,20,22H,5-6,11-14H2,1H3. The van der Waals surface area contributed by atoms with E-state index in [-0.39, 0.29) is 6.61 Å². The van der Waals surface area contributed by atoms with E-state index in [1.54, 1.807) is 0 Å². The predicted octanol–water partition coefficient (Wildman–Crippen LogP) is 4.31. The molecule has 1 aliphatic heterocycles. The van der Waals surface area contributed by atoms with Gasteiger partial charge in [0, 0.05) is 12.6 Å². The van der Waals surface area contributed by atoms with Crippen molar-refractivity contribution >= 4 is 0 Å². The van der Waals surface area contributed by atoms with Gasteiger partial charge in [-0.3, -0.25) is 4.90 Å². The summed E-state index contributed by atoms with van der Waals surface area (Å²) in [6, 6.07) is 16.5. The fourth-order valence-electron chi connectivity index (χ4n) is 3.42. The molecule has 3 heteroatoms. The highest BCUT2D eigenvalue weighted by Gasteiger charge is 2.24. The van der Waals surface area contributed by atoms with Crippen molar-refractivity contribution < 1.29 is 9.84 Å². The highest BCUT2D eigenvalue weighted by Crippen LogP contribution is 2.32. The largest absolute Gasteiger partial charge is 0.457 e. The van der Waals surface area contributed by atoms with E-state index in [0.29, 0.717) is 6.04 Å². The minimum atomic E-state index is 0.225. The van der Waals surface area contributed by atoms with E-state index < -0.39 is 0 Å². The van der Waals surface area contributed by atoms with Gasteiger partial charge < -0.3 is 9.84 Å². The number of likely N-dealkylation sites (tertiary alicyclic amines) is 1. The Morgan fingerprint density at radius 2 is 1.78 bits per heavy atom. The summed E-state index contributed by atoms with van der Waals surface area (Å²) >= 11 is 0. The number of aliphatic hydroxyl groups excluding tert-OH is 1. The number of para-hydroxylation sites is 1. The van der Waals surface area contributed by atoms with Crippen molar-refractivity contribution in [2.45, 2.75) is 32.2 Å². The zero-order chi connectivity index (χ0) is 16.1. The number of benzene rings is 2. The molecule has 0 aliphatic carbocycles. The average Bonchev–Trinajstić information content (AvgIpc) is 3.09. The van der Waals surface area contributed by atoms with Gasteiger partial charge in [0.2, 0.25) is 0 Å². The minimum absolute atomic E-state index is 0.225. The summed E-state index contributed by atoms with van der Waals surface area (Å²) < 4.78 is 5.92. The lowest BCUT2D eigenvalue weighted by Gasteiger charge is -2.29. The maximum atomic E-state index is 9.45. The Kier molecular flexibility index (Phi) is 5.31. The van der Waals surface area contributed by atoms with Crippen molar-refractivity contribution in [1.82, 2.24) is 4.90 Å². The van der Waals surface area contributed by atoms with Crippen molar-refractivity contribution in [2.24, 2.45) is 0 Å². The van der Waals surface area contributed by atoms with Crippen LogP contribution in [0.5, 0.6) is 11.5 Å². The summed E-state index contributed by atoms with van der Waals surface area (Å²) in [7, 11) is 0. The van der Waals surface area contributed by atoms with Crippen LogP contribution in [0.25, 0.3) is 0 Å². The molecule has 0 spiro atoms. The summed E-state index contributed by atoms with van der Waals surface area (Å²) in [5.41, 5.74) is 2.53. The number of aliphatic hydroxyl groups is 1. The van der Waals surface area contributed by atoms with Crippen molar-refractivity contribution in [3.63, 3.8) is 0 Å². The lowest BCUT2D eigenvalue weighted by molar-refractivity contribution is 0.185. The first kappa shape index (κ1) is 16.0. The number of ether oxygens (including phenoxy) is 1. The van der Waals surface area contributed by atoms with Gasteiger partial charge in [-0.05, 0) is 74.7 Å². The molecule has 0 radical (unpaired) electrons. The summed E-state index contributed by atoms with van der Waals surface area (Å²) in [6.07, 6.45) is 3.31. The Morgan fingerprint density at radius 1 is 1.04 bits per heavy atom. The molecule has 122 valence electrons. The van der Waals surface area contributed by atoms with E-state index in [1.165, 1.54) is 24.0 Å². The van der Waals surface area contributed by atoms with Crippen LogP contribution < -0.4 is 4.74 Å². The highest BCUT2D eigenvalue weighted by molar-refractivity contribution is 5.39. The summed E-state index contributed by atoms with van der Waals surface area (Å²) in [5.74, 6) is 1.72. The van der Waals surface area contributed by atoms with Gasteiger partial charge in [0.1, 0.15) is 11.5 Å². The third-order valence-corrected chi connectivity index (χ3v) is 4.56. The van der Waals surface area contributed by atoms with Crippen LogP contribution in [0.3, 0.4) is 0 Å². The molecular weight excluding hydrogens is 286 g/mol. The third kappa shape index (κ3) is 3.92. The van der Waals surface area contributed by atoms with Gasteiger partial charge in [0.15, 0.2) is 0 Å². The molecule has 2 aromatic carbocycles. The highest BCUT2D eigenvalue weighted by atomic mass is 16.5. The summed E-state index contributed by atoms with van der Waals surface area (Å²) in [4.78, 5) is 2.50. The van der Waals surface area contributed by atoms with Gasteiger partial charge in [0.05, 0.1) is 0 Å². The normalized spacial score (nSPS) is 16.4. The van der Waals surface area contributed by atoms with Gasteiger partial charge in [-0.1, -0.05) is 24.3 Å². The zero-order valence-electron chi connectivity index (χ0n) is 13.7. The van der Waals surface area contributed by atoms with Crippen molar-refractivity contribution in [2.75, 3.05) is 19.7 Å². The second-order valence-corrected chi connectivity index (χ2v) is 6.20. The number of rotatable bonds is 6. The molecule has 3 nitrogen and oxygen atoms in total. The topological polar surface area (TPSA) is 32.7 Å². The lowest BCUT2D eigenvalue weighted by atomic mass is 9.97. The fraction of sp³-hybridized carbons (Fsp3) is 0.400. The van der Waals surface area contributed by atoms with Crippen LogP contribution in [-0.4, -0.2) is 29.7 Å². The van der Waals surface area contributed by atoms with Gasteiger partial charge in [-0.2, -0.15) is 0 Å². The average molecular weight is 311 g/mol. The molecule has 1 heterocycles. The van der Waals surface area contributed by atoms with E-state index in [0.717, 1.165) is 31.0 Å². The van der Waals surface area contributed by atoms with Crippen LogP contribution in [0, 0.1) is 6.92 Å². The first-order chi connectivity index (χ1) is 11.3. The molecule has 0 bridgehead atoms. The summed E-state index contributed by atoms with van der Waals surface area (Å²) in [6.45, 7) is 4.62. The Hall–Kier alpha value is -1.84. The number of nitrogens with zero attached hydrogens (tertiary/aromatic N) is 1. The van der Waals surface area contributed by atoms with Crippen LogP contribution in [-0.2, 0) is 0 Å². The molecule has 1 unspecified atom stereocenters. The van der Waals surface area contributed by atoms with Gasteiger partial charge in [0.25, 0.3) is 0 Å². The molecule has 2 aromatic rings. The molecule has 1 N–H and O–H groups in total. The second kappa shape index (κ2) is 7.62. The van der Waals surface area contributed by atoms with E-state index in [9.17, 15) is 5.11 Å². The molecule has 1 fully saturated rings. The third-order valence-electron chi connectivity index (χ3n) is 4.56. The Bertz CT molecular complexity index is 621. The van der Waals surface area contributed by atoms with Crippen molar-refractivity contribution in [3.8, 4) is 11.5 Å². The first-order valence-electron chi connectivity index (χ1n) is 8.46. The molecule has 3 rings (SSSR count). The molecule has 1 atom stereocenters. The molecule has 1 aliphatic rings. The van der Waals surface area contributed by atoms with Crippen molar-refractivity contribution in [3.05, 3.63) is 59.7 Å². The SMILES string of the molecule is Cc1cc(Oc2ccccc2)ccc1C(CCO)N1CCCC1. The smallest absolute Gasteiger partial charge is 0.127 e. The minimum Gasteiger partial charge on any atom is -0.457 e. The van der Waals surface area contributed by atoms with E-state index in [4.69, 9.17) is 4.74 Å². The maximum absolute atomic E-state index is 9.45. The predicted molar refractivity (Wildman–Crippen MR) is 92.9 cm³/mol. The molecule has 1 saturated heterocycles. The Morgan fingerprint density at radius 3 is 2.43 bits per heavy atom. The van der Waals surface area contributed by atoms with Gasteiger partial charge in [-0.25, -0.2) is 0 Å². The number of aryl methyl sites for hydroxylation is 1. The number of hydrogen-bond donors (Lipinski definition) is 1.